The molecule has 0 aliphatic carbocycles. The van der Waals surface area contributed by atoms with E-state index in [1.165, 1.54) is 0 Å². The molecule has 0 aromatic heterocycles. The Kier molecular flexibility index (Phi) is 143. The summed E-state index contributed by atoms with van der Waals surface area (Å²) in [6.07, 6.45) is 0. The first-order valence-corrected chi connectivity index (χ1v) is 0. The van der Waals surface area contributed by atoms with Crippen LogP contribution >= 0.6 is 0 Å². The molecule has 1 radical (unpaired) electrons. The van der Waals surface area contributed by atoms with Crippen molar-refractivity contribution in [2.75, 3.05) is 0 Å². The maximum Gasteiger partial charge on any atom is 0.187 e. The van der Waals surface area contributed by atoms with Crippen molar-refractivity contribution in [1.82, 2.24) is 0 Å². The second-order valence-corrected chi connectivity index (χ2v) is 0. The van der Waals surface area contributed by atoms with Crippen LogP contribution in [-0.2, 0) is 59.9 Å². The summed E-state index contributed by atoms with van der Waals surface area (Å²) in [5.41, 5.74) is 0. The number of hydrogen-bond donors (Lipinski definition) is 0. The first-order chi connectivity index (χ1) is 0. The molecule has 4 heavy (non-hydrogen) atoms. The third-order valence-corrected chi connectivity index (χ3v) is 0. The SMILES string of the molecule is [AlH3].[Mn].[Mo].[Ti]. The standard InChI is InChI=1S/Al.Mn.Mo.Ti.3H. The molecule has 0 aliphatic heterocycles. The monoisotopic (exact) mass is 231 g/mol. The van der Waals surface area contributed by atoms with Crippen LogP contribution in [0.4, 0.5) is 0 Å². The van der Waals surface area contributed by atoms with Gasteiger partial charge < -0.3 is 0 Å². The fraction of sp³-hybridized carbons (Fsp3) is 0. The molecule has 0 fully saturated rings. The Morgan fingerprint density at radius 2 is 1.00 bits per heavy atom. The average Bonchev–Trinajstić information content (AvgIpc) is 0. The van der Waals surface area contributed by atoms with Gasteiger partial charge in [-0.05, 0) is 0 Å². The van der Waals surface area contributed by atoms with E-state index < -0.39 is 0 Å². The molecule has 0 rings (SSSR count). The molecule has 0 atom stereocenters. The van der Waals surface area contributed by atoms with Gasteiger partial charge in [0.1, 0.15) is 0 Å². The van der Waals surface area contributed by atoms with Gasteiger partial charge >= 0.3 is 0 Å². The minimum atomic E-state index is 0. The van der Waals surface area contributed by atoms with E-state index >= 15 is 0 Å². The van der Waals surface area contributed by atoms with Crippen molar-refractivity contribution in [3.63, 3.8) is 0 Å². The first-order valence-electron chi connectivity index (χ1n) is 0. The molecule has 0 aromatic rings. The fourth-order valence-corrected chi connectivity index (χ4v) is 0. The Morgan fingerprint density at radius 3 is 1.00 bits per heavy atom. The summed E-state index contributed by atoms with van der Waals surface area (Å²) in [6, 6.07) is 0. The van der Waals surface area contributed by atoms with Crippen LogP contribution in [0.2, 0.25) is 0 Å². The van der Waals surface area contributed by atoms with E-state index in [4.69, 9.17) is 0 Å². The van der Waals surface area contributed by atoms with Crippen LogP contribution < -0.4 is 0 Å². The molecule has 4 heteroatoms. The Bertz CT molecular complexity index is 8.00. The average molecular weight is 229 g/mol. The van der Waals surface area contributed by atoms with E-state index in [0.29, 0.717) is 0 Å². The van der Waals surface area contributed by atoms with Crippen molar-refractivity contribution in [2.24, 2.45) is 0 Å². The van der Waals surface area contributed by atoms with Crippen LogP contribution in [0.5, 0.6) is 0 Å². The van der Waals surface area contributed by atoms with Crippen LogP contribution in [0.15, 0.2) is 0 Å². The van der Waals surface area contributed by atoms with Crippen LogP contribution in [0.3, 0.4) is 0 Å². The predicted molar refractivity (Wildman–Crippen MR) is 9.94 cm³/mol. The molecule has 0 aromatic carbocycles. The maximum absolute atomic E-state index is 0. The first kappa shape index (κ1) is 31.9. The minimum Gasteiger partial charge on any atom is 0 e. The van der Waals surface area contributed by atoms with Crippen molar-refractivity contribution in [3.8, 4) is 0 Å². The van der Waals surface area contributed by atoms with E-state index in [9.17, 15) is 0 Å². The van der Waals surface area contributed by atoms with Gasteiger partial charge in [0.05, 0.1) is 0 Å². The Labute approximate surface area is 76.2 Å². The van der Waals surface area contributed by atoms with Crippen molar-refractivity contribution in [1.29, 1.82) is 0 Å². The molecule has 0 spiro atoms. The quantitative estimate of drug-likeness (QED) is 0.458. The van der Waals surface area contributed by atoms with Gasteiger partial charge in [-0.1, -0.05) is 0 Å². The number of rotatable bonds is 0. The Morgan fingerprint density at radius 1 is 1.00 bits per heavy atom. The fourth-order valence-electron chi connectivity index (χ4n) is 0. The summed E-state index contributed by atoms with van der Waals surface area (Å²) in [5.74, 6) is 0. The third kappa shape index (κ3) is 8.82. The molecular weight excluding hydrogens is 226 g/mol. The molecule has 0 bridgehead atoms. The Balaban J connectivity index is 0. The van der Waals surface area contributed by atoms with Gasteiger partial charge in [-0.15, -0.1) is 0 Å². The van der Waals surface area contributed by atoms with Gasteiger partial charge in [-0.25, -0.2) is 0 Å². The molecule has 0 amide bonds. The summed E-state index contributed by atoms with van der Waals surface area (Å²) in [6.45, 7) is 0. The van der Waals surface area contributed by atoms with Gasteiger partial charge in [0.15, 0.2) is 17.4 Å². The normalized spacial score (nSPS) is 0. The molecular formula is H3AlMnMoTi. The summed E-state index contributed by atoms with van der Waals surface area (Å²) >= 11 is 0. The summed E-state index contributed by atoms with van der Waals surface area (Å²) in [7, 11) is 0. The topological polar surface area (TPSA) is 0 Å². The van der Waals surface area contributed by atoms with Gasteiger partial charge in [0.25, 0.3) is 0 Å². The minimum absolute atomic E-state index is 0. The molecule has 0 heterocycles. The van der Waals surface area contributed by atoms with Gasteiger partial charge in [-0.3, -0.25) is 0 Å². The molecule has 0 nitrogen and oxygen atoms in total. The van der Waals surface area contributed by atoms with Crippen LogP contribution in [-0.4, -0.2) is 17.4 Å². The van der Waals surface area contributed by atoms with E-state index in [0.717, 1.165) is 0 Å². The van der Waals surface area contributed by atoms with Crippen LogP contribution in [0.1, 0.15) is 0 Å². The smallest absolute Gasteiger partial charge is 0 e. The molecule has 23 valence electrons. The maximum atomic E-state index is 0. The largest absolute Gasteiger partial charge is 0.187 e. The second kappa shape index (κ2) is 18.0. The molecule has 0 saturated carbocycles. The third-order valence-electron chi connectivity index (χ3n) is 0. The molecule has 0 unspecified atom stereocenters. The van der Waals surface area contributed by atoms with Gasteiger partial charge in [-0.2, -0.15) is 0 Å². The van der Waals surface area contributed by atoms with Crippen molar-refractivity contribution in [2.45, 2.75) is 0 Å². The van der Waals surface area contributed by atoms with E-state index in [-0.39, 0.29) is 77.2 Å². The molecule has 0 N–H and O–H groups in total. The van der Waals surface area contributed by atoms with Crippen molar-refractivity contribution in [3.05, 3.63) is 0 Å². The van der Waals surface area contributed by atoms with E-state index in [2.05, 4.69) is 0 Å². The van der Waals surface area contributed by atoms with Crippen molar-refractivity contribution < 1.29 is 59.9 Å². The van der Waals surface area contributed by atoms with Crippen molar-refractivity contribution >= 4 is 17.4 Å². The summed E-state index contributed by atoms with van der Waals surface area (Å²) in [4.78, 5) is 0. The molecule has 0 aliphatic rings. The van der Waals surface area contributed by atoms with Gasteiger partial charge in [0.2, 0.25) is 0 Å². The van der Waals surface area contributed by atoms with Crippen LogP contribution in [0.25, 0.3) is 0 Å². The second-order valence-electron chi connectivity index (χ2n) is 0. The van der Waals surface area contributed by atoms with E-state index in [1.54, 1.807) is 0 Å². The van der Waals surface area contributed by atoms with Gasteiger partial charge in [0, 0.05) is 59.9 Å². The zero-order valence-corrected chi connectivity index (χ0v) is 6.04. The van der Waals surface area contributed by atoms with E-state index in [1.807, 2.05) is 0 Å². The number of hydrogen-bond acceptors (Lipinski definition) is 0. The Hall–Kier alpha value is 2.45. The summed E-state index contributed by atoms with van der Waals surface area (Å²) < 4.78 is 0. The predicted octanol–water partition coefficient (Wildman–Crippen LogP) is -1.19. The summed E-state index contributed by atoms with van der Waals surface area (Å²) in [5, 5.41) is 0. The zero-order chi connectivity index (χ0) is 0. The zero-order valence-electron chi connectivity index (χ0n) is 1.29. The van der Waals surface area contributed by atoms with Crippen LogP contribution in [0, 0.1) is 0 Å². The molecule has 0 saturated heterocycles.